The van der Waals surface area contributed by atoms with E-state index in [1.807, 2.05) is 24.3 Å². The lowest BCUT2D eigenvalue weighted by Crippen LogP contribution is -2.60. The van der Waals surface area contributed by atoms with Crippen molar-refractivity contribution >= 4 is 59.4 Å². The van der Waals surface area contributed by atoms with E-state index in [9.17, 15) is 33.9 Å². The number of fused-ring (bicyclic) bond motifs is 1. The van der Waals surface area contributed by atoms with Gasteiger partial charge in [0.15, 0.2) is 0 Å². The summed E-state index contributed by atoms with van der Waals surface area (Å²) < 4.78 is 0. The molecule has 12 N–H and O–H groups in total. The molecule has 300 valence electrons. The van der Waals surface area contributed by atoms with Crippen LogP contribution in [0.15, 0.2) is 73.3 Å². The highest BCUT2D eigenvalue weighted by atomic mass is 32.1. The first-order valence-electron chi connectivity index (χ1n) is 18.3. The first kappa shape index (κ1) is 43.2. The maximum atomic E-state index is 14.2. The summed E-state index contributed by atoms with van der Waals surface area (Å²) in [6, 6.07) is 9.32. The molecule has 0 saturated carbocycles. The van der Waals surface area contributed by atoms with E-state index in [0.717, 1.165) is 10.9 Å². The van der Waals surface area contributed by atoms with Gasteiger partial charge in [-0.15, -0.1) is 0 Å². The van der Waals surface area contributed by atoms with Crippen LogP contribution < -0.4 is 38.1 Å². The minimum atomic E-state index is -1.24. The zero-order valence-electron chi connectivity index (χ0n) is 30.8. The van der Waals surface area contributed by atoms with Gasteiger partial charge in [0.05, 0.1) is 19.0 Å². The number of nitrogens with zero attached hydrogens (tertiary/aromatic N) is 1. The fourth-order valence-corrected chi connectivity index (χ4v) is 6.23. The number of nitrogens with two attached hydrogens (primary N) is 2. The first-order chi connectivity index (χ1) is 27.1. The number of H-pyrrole nitrogens is 2. The summed E-state index contributed by atoms with van der Waals surface area (Å²) in [6.45, 7) is -0.311. The lowest BCUT2D eigenvalue weighted by atomic mass is 10.0. The summed E-state index contributed by atoms with van der Waals surface area (Å²) in [7, 11) is 0. The third-order valence-electron chi connectivity index (χ3n) is 9.06. The molecule has 5 amide bonds. The highest BCUT2D eigenvalue weighted by molar-refractivity contribution is 7.80. The number of aromatic nitrogens is 3. The summed E-state index contributed by atoms with van der Waals surface area (Å²) in [6.07, 6.45) is 6.40. The Morgan fingerprint density at radius 2 is 1.39 bits per heavy atom. The molecule has 0 bridgehead atoms. The zero-order valence-corrected chi connectivity index (χ0v) is 31.7. The highest BCUT2D eigenvalue weighted by Crippen LogP contribution is 2.19. The van der Waals surface area contributed by atoms with Crippen LogP contribution in [0.2, 0.25) is 0 Å². The van der Waals surface area contributed by atoms with Crippen LogP contribution in [0.3, 0.4) is 0 Å². The van der Waals surface area contributed by atoms with Gasteiger partial charge in [0, 0.05) is 54.0 Å². The van der Waals surface area contributed by atoms with Crippen LogP contribution in [-0.4, -0.2) is 111 Å². The number of benzene rings is 2. The average Bonchev–Trinajstić information content (AvgIpc) is 3.88. The van der Waals surface area contributed by atoms with Crippen LogP contribution in [0.1, 0.15) is 36.1 Å². The van der Waals surface area contributed by atoms with Gasteiger partial charge < -0.3 is 57.9 Å². The van der Waals surface area contributed by atoms with Crippen molar-refractivity contribution < 1.29 is 33.9 Å². The zero-order chi connectivity index (χ0) is 40.5. The van der Waals surface area contributed by atoms with Crippen molar-refractivity contribution in [2.24, 2.45) is 11.5 Å². The monoisotopic (exact) mass is 790 g/mol. The average molecular weight is 791 g/mol. The van der Waals surface area contributed by atoms with Crippen LogP contribution in [0, 0.1) is 0 Å². The fourth-order valence-electron chi connectivity index (χ4n) is 5.97. The molecule has 0 fully saturated rings. The van der Waals surface area contributed by atoms with Gasteiger partial charge in [-0.3, -0.25) is 24.0 Å². The molecule has 0 aliphatic carbocycles. The Kier molecular flexibility index (Phi) is 17.0. The Morgan fingerprint density at radius 3 is 2.05 bits per heavy atom. The van der Waals surface area contributed by atoms with Gasteiger partial charge in [-0.05, 0) is 43.0 Å². The maximum absolute atomic E-state index is 14.2. The molecule has 4 aromatic rings. The lowest BCUT2D eigenvalue weighted by Gasteiger charge is -2.27. The molecular weight excluding hydrogens is 741 g/mol. The molecule has 0 radical (unpaired) electrons. The number of unbranched alkanes of at least 4 members (excludes halogenated alkanes) is 1. The van der Waals surface area contributed by atoms with Crippen molar-refractivity contribution in [2.75, 3.05) is 18.9 Å². The molecule has 56 heavy (non-hydrogen) atoms. The van der Waals surface area contributed by atoms with Crippen molar-refractivity contribution in [3.8, 4) is 0 Å². The molecule has 0 saturated heterocycles. The van der Waals surface area contributed by atoms with Crippen molar-refractivity contribution in [3.63, 3.8) is 0 Å². The van der Waals surface area contributed by atoms with Gasteiger partial charge in [0.2, 0.25) is 29.5 Å². The summed E-state index contributed by atoms with van der Waals surface area (Å²) >= 11 is 4.25. The number of carbonyl (C=O) groups excluding carboxylic acids is 6. The minimum Gasteiger partial charge on any atom is -0.394 e. The number of aldehydes is 1. The third kappa shape index (κ3) is 12.8. The first-order valence-corrected chi connectivity index (χ1v) is 18.9. The Bertz CT molecular complexity index is 1890. The maximum Gasteiger partial charge on any atom is 0.244 e. The summed E-state index contributed by atoms with van der Waals surface area (Å²) in [5.41, 5.74) is 14.6. The van der Waals surface area contributed by atoms with Crippen molar-refractivity contribution in [3.05, 3.63) is 90.1 Å². The number of carbonyl (C=O) groups is 6. The highest BCUT2D eigenvalue weighted by Gasteiger charge is 2.32. The van der Waals surface area contributed by atoms with Gasteiger partial charge in [-0.2, -0.15) is 12.6 Å². The van der Waals surface area contributed by atoms with Gasteiger partial charge in [0.25, 0.3) is 0 Å². The van der Waals surface area contributed by atoms with E-state index in [2.05, 4.69) is 54.2 Å². The molecule has 2 heterocycles. The van der Waals surface area contributed by atoms with E-state index in [-0.39, 0.29) is 31.4 Å². The van der Waals surface area contributed by atoms with Crippen molar-refractivity contribution in [2.45, 2.75) is 74.8 Å². The standard InChI is InChI=1S/C38H50N10O7S/c39-13-7-6-12-30(45-38(55)33(21-56)48-34(51)28(40)16-25-18-41-22-43-25)35(52)46-31(14-23-8-2-1-3-9-23)37(54)47-32(36(53)44-26(19-49)20-50)15-24-17-42-29-11-5-4-10-27(24)29/h1-5,8-11,17-19,22,26,28,30-33,42,50,56H,6-7,12-16,20-21,39-40H2,(H,41,43)(H,44,53)(H,45,55)(H,46,52)(H,47,54)(H,48,51)/t26-,28+,30+,31+,32+,33+/m1/s1. The number of hydrogen-bond acceptors (Lipinski definition) is 11. The number of nitrogens with one attached hydrogen (secondary N) is 7. The van der Waals surface area contributed by atoms with Crippen LogP contribution >= 0.6 is 12.6 Å². The predicted molar refractivity (Wildman–Crippen MR) is 212 cm³/mol. The molecular formula is C38H50N10O7S. The molecule has 2 aromatic heterocycles. The summed E-state index contributed by atoms with van der Waals surface area (Å²) in [4.78, 5) is 89.5. The van der Waals surface area contributed by atoms with Gasteiger partial charge in [-0.25, -0.2) is 4.98 Å². The predicted octanol–water partition coefficient (Wildman–Crippen LogP) is -1.08. The summed E-state index contributed by atoms with van der Waals surface area (Å²) in [5.74, 6) is -3.54. The molecule has 6 atom stereocenters. The van der Waals surface area contributed by atoms with Gasteiger partial charge in [-0.1, -0.05) is 48.5 Å². The molecule has 0 unspecified atom stereocenters. The molecule has 18 heteroatoms. The van der Waals surface area contributed by atoms with E-state index < -0.39 is 72.4 Å². The third-order valence-corrected chi connectivity index (χ3v) is 9.43. The lowest BCUT2D eigenvalue weighted by molar-refractivity contribution is -0.134. The second-order valence-electron chi connectivity index (χ2n) is 13.3. The number of amides is 5. The van der Waals surface area contributed by atoms with Gasteiger partial charge >= 0.3 is 0 Å². The molecule has 4 rings (SSSR count). The second-order valence-corrected chi connectivity index (χ2v) is 13.7. The Morgan fingerprint density at radius 1 is 0.768 bits per heavy atom. The van der Waals surface area contributed by atoms with Crippen LogP contribution in [0.5, 0.6) is 0 Å². The molecule has 0 aliphatic heterocycles. The number of thiol groups is 1. The van der Waals surface area contributed by atoms with E-state index in [1.54, 1.807) is 36.5 Å². The number of imidazole rings is 1. The molecule has 17 nitrogen and oxygen atoms in total. The Labute approximate surface area is 329 Å². The van der Waals surface area contributed by atoms with Crippen LogP contribution in [-0.2, 0) is 48.0 Å². The summed E-state index contributed by atoms with van der Waals surface area (Å²) in [5, 5.41) is 23.7. The number of aromatic amines is 2. The molecule has 0 aliphatic rings. The number of aliphatic hydroxyl groups is 1. The largest absolute Gasteiger partial charge is 0.394 e. The second kappa shape index (κ2) is 22.1. The van der Waals surface area contributed by atoms with E-state index >= 15 is 0 Å². The van der Waals surface area contributed by atoms with Crippen molar-refractivity contribution in [1.82, 2.24) is 41.5 Å². The normalized spacial score (nSPS) is 14.4. The number of rotatable bonds is 23. The fraction of sp³-hybridized carbons (Fsp3) is 0.395. The number of aliphatic hydroxyl groups excluding tert-OH is 1. The Hall–Kier alpha value is -5.56. The number of hydrogen-bond donors (Lipinski definition) is 11. The topological polar surface area (TPSA) is 279 Å². The van der Waals surface area contributed by atoms with Crippen LogP contribution in [0.25, 0.3) is 10.9 Å². The quantitative estimate of drug-likeness (QED) is 0.0246. The molecule has 2 aromatic carbocycles. The van der Waals surface area contributed by atoms with E-state index in [4.69, 9.17) is 11.5 Å². The van der Waals surface area contributed by atoms with Crippen molar-refractivity contribution in [1.29, 1.82) is 0 Å². The van der Waals surface area contributed by atoms with Crippen LogP contribution in [0.4, 0.5) is 0 Å². The van der Waals surface area contributed by atoms with Gasteiger partial charge in [0.1, 0.15) is 36.5 Å². The number of para-hydroxylation sites is 1. The minimum absolute atomic E-state index is 0.00471. The Balaban J connectivity index is 1.55. The smallest absolute Gasteiger partial charge is 0.244 e. The van der Waals surface area contributed by atoms with E-state index in [1.165, 1.54) is 12.5 Å². The SMILES string of the molecule is NCCCC[C@H](NC(=O)[C@H](CS)NC(=O)[C@@H](N)Cc1cnc[nH]1)C(=O)N[C@@H](Cc1ccccc1)C(=O)N[C@@H](Cc1c[nH]c2ccccc12)C(=O)N[C@H](C=O)CO. The van der Waals surface area contributed by atoms with E-state index in [0.29, 0.717) is 42.5 Å². The molecule has 0 spiro atoms.